The molecule has 0 fully saturated rings. The van der Waals surface area contributed by atoms with Crippen LogP contribution >= 0.6 is 35.6 Å². The van der Waals surface area contributed by atoms with Crippen LogP contribution in [-0.4, -0.2) is 20.3 Å². The smallest absolute Gasteiger partial charge is 0.124 e. The van der Waals surface area contributed by atoms with Gasteiger partial charge in [0.1, 0.15) is 12.4 Å². The van der Waals surface area contributed by atoms with Gasteiger partial charge in [-0.2, -0.15) is 0 Å². The number of ether oxygens (including phenoxy) is 2. The minimum Gasteiger partial charge on any atom is -0.489 e. The highest BCUT2D eigenvalue weighted by molar-refractivity contribution is 6.30. The van der Waals surface area contributed by atoms with Crippen molar-refractivity contribution in [2.75, 3.05) is 20.3 Å². The summed E-state index contributed by atoms with van der Waals surface area (Å²) in [6, 6.07) is 13.3. The van der Waals surface area contributed by atoms with Gasteiger partial charge in [-0.05, 0) is 35.9 Å². The first-order valence-electron chi connectivity index (χ1n) is 7.04. The molecule has 6 heteroatoms. The predicted octanol–water partition coefficient (Wildman–Crippen LogP) is 4.73. The number of benzene rings is 2. The van der Waals surface area contributed by atoms with Crippen LogP contribution in [0.3, 0.4) is 0 Å². The van der Waals surface area contributed by atoms with E-state index in [9.17, 15) is 0 Å². The zero-order chi connectivity index (χ0) is 15.8. The fourth-order valence-corrected chi connectivity index (χ4v) is 2.29. The van der Waals surface area contributed by atoms with Crippen molar-refractivity contribution in [3.8, 4) is 5.75 Å². The van der Waals surface area contributed by atoms with Gasteiger partial charge in [-0.1, -0.05) is 35.3 Å². The van der Waals surface area contributed by atoms with Crippen LogP contribution in [0.1, 0.15) is 11.1 Å². The van der Waals surface area contributed by atoms with Gasteiger partial charge in [-0.15, -0.1) is 12.4 Å². The van der Waals surface area contributed by atoms with E-state index in [0.29, 0.717) is 24.8 Å². The summed E-state index contributed by atoms with van der Waals surface area (Å²) in [5, 5.41) is 4.71. The second kappa shape index (κ2) is 10.7. The van der Waals surface area contributed by atoms with Crippen LogP contribution in [-0.2, 0) is 17.9 Å². The minimum atomic E-state index is 0. The van der Waals surface area contributed by atoms with Crippen molar-refractivity contribution in [1.82, 2.24) is 5.32 Å². The molecular weight excluding hydrogens is 357 g/mol. The highest BCUT2D eigenvalue weighted by atomic mass is 35.5. The molecule has 2 aromatic rings. The molecule has 0 aromatic heterocycles. The van der Waals surface area contributed by atoms with E-state index in [1.807, 2.05) is 42.5 Å². The van der Waals surface area contributed by atoms with E-state index >= 15 is 0 Å². The van der Waals surface area contributed by atoms with E-state index in [2.05, 4.69) is 5.32 Å². The number of hydrogen-bond donors (Lipinski definition) is 1. The summed E-state index contributed by atoms with van der Waals surface area (Å²) < 4.78 is 10.9. The van der Waals surface area contributed by atoms with Crippen molar-refractivity contribution < 1.29 is 9.47 Å². The fraction of sp³-hybridized carbons (Fsp3) is 0.294. The average molecular weight is 377 g/mol. The molecule has 0 aliphatic heterocycles. The van der Waals surface area contributed by atoms with Crippen LogP contribution in [0.15, 0.2) is 42.5 Å². The zero-order valence-electron chi connectivity index (χ0n) is 12.9. The Balaban J connectivity index is 0.00000264. The molecule has 0 heterocycles. The van der Waals surface area contributed by atoms with Gasteiger partial charge in [-0.3, -0.25) is 0 Å². The third kappa shape index (κ3) is 6.98. The quantitative estimate of drug-likeness (QED) is 0.676. The Bertz CT molecular complexity index is 591. The van der Waals surface area contributed by atoms with E-state index < -0.39 is 0 Å². The number of halogens is 3. The largest absolute Gasteiger partial charge is 0.489 e. The van der Waals surface area contributed by atoms with Crippen LogP contribution in [0, 0.1) is 0 Å². The molecule has 0 spiro atoms. The fourth-order valence-electron chi connectivity index (χ4n) is 1.97. The van der Waals surface area contributed by atoms with Crippen LogP contribution in [0.4, 0.5) is 0 Å². The maximum atomic E-state index is 6.07. The lowest BCUT2D eigenvalue weighted by Gasteiger charge is -2.13. The lowest BCUT2D eigenvalue weighted by molar-refractivity contribution is 0.199. The molecule has 3 nitrogen and oxygen atoms in total. The zero-order valence-corrected chi connectivity index (χ0v) is 15.2. The molecule has 0 atom stereocenters. The van der Waals surface area contributed by atoms with E-state index in [4.69, 9.17) is 32.7 Å². The second-order valence-corrected chi connectivity index (χ2v) is 5.71. The Morgan fingerprint density at radius 2 is 1.70 bits per heavy atom. The first kappa shape index (κ1) is 20.1. The summed E-state index contributed by atoms with van der Waals surface area (Å²) in [6.45, 7) is 2.62. The van der Waals surface area contributed by atoms with E-state index in [0.717, 1.165) is 28.4 Å². The van der Waals surface area contributed by atoms with Gasteiger partial charge in [0.25, 0.3) is 0 Å². The predicted molar refractivity (Wildman–Crippen MR) is 98.1 cm³/mol. The Morgan fingerprint density at radius 3 is 2.39 bits per heavy atom. The van der Waals surface area contributed by atoms with Gasteiger partial charge >= 0.3 is 0 Å². The maximum Gasteiger partial charge on any atom is 0.124 e. The molecule has 0 saturated heterocycles. The monoisotopic (exact) mass is 375 g/mol. The first-order chi connectivity index (χ1) is 10.7. The van der Waals surface area contributed by atoms with Crippen molar-refractivity contribution in [2.45, 2.75) is 13.2 Å². The Morgan fingerprint density at radius 1 is 1.00 bits per heavy atom. The summed E-state index contributed by atoms with van der Waals surface area (Å²) in [5.74, 6) is 0.823. The summed E-state index contributed by atoms with van der Waals surface area (Å²) in [7, 11) is 1.68. The molecular formula is C17H20Cl3NO2. The van der Waals surface area contributed by atoms with E-state index in [1.165, 1.54) is 0 Å². The molecule has 0 amide bonds. The Hall–Kier alpha value is -0.970. The van der Waals surface area contributed by atoms with Crippen LogP contribution in [0.5, 0.6) is 5.75 Å². The molecule has 126 valence electrons. The number of rotatable bonds is 8. The van der Waals surface area contributed by atoms with Crippen LogP contribution < -0.4 is 10.1 Å². The summed E-state index contributed by atoms with van der Waals surface area (Å²) in [6.07, 6.45) is 0. The number of methoxy groups -OCH3 is 1. The molecule has 1 N–H and O–H groups in total. The van der Waals surface area contributed by atoms with Gasteiger partial charge in [0, 0.05) is 35.8 Å². The molecule has 23 heavy (non-hydrogen) atoms. The van der Waals surface area contributed by atoms with Gasteiger partial charge in [0.15, 0.2) is 0 Å². The lowest BCUT2D eigenvalue weighted by Crippen LogP contribution is -2.19. The summed E-state index contributed by atoms with van der Waals surface area (Å²) in [5.41, 5.74) is 2.09. The molecule has 0 aliphatic rings. The summed E-state index contributed by atoms with van der Waals surface area (Å²) >= 11 is 11.9. The van der Waals surface area contributed by atoms with Crippen molar-refractivity contribution in [3.63, 3.8) is 0 Å². The van der Waals surface area contributed by atoms with Gasteiger partial charge < -0.3 is 14.8 Å². The molecule has 0 saturated carbocycles. The minimum absolute atomic E-state index is 0. The third-order valence-corrected chi connectivity index (χ3v) is 3.62. The topological polar surface area (TPSA) is 30.5 Å². The molecule has 2 aromatic carbocycles. The average Bonchev–Trinajstić information content (AvgIpc) is 2.52. The number of nitrogens with one attached hydrogen (secondary N) is 1. The van der Waals surface area contributed by atoms with Gasteiger partial charge in [0.05, 0.1) is 6.61 Å². The van der Waals surface area contributed by atoms with Crippen molar-refractivity contribution in [1.29, 1.82) is 0 Å². The third-order valence-electron chi connectivity index (χ3n) is 3.13. The normalized spacial score (nSPS) is 10.2. The highest BCUT2D eigenvalue weighted by Gasteiger charge is 2.05. The van der Waals surface area contributed by atoms with Crippen LogP contribution in [0.2, 0.25) is 10.0 Å². The molecule has 2 rings (SSSR count). The molecule has 0 bridgehead atoms. The van der Waals surface area contributed by atoms with Crippen LogP contribution in [0.25, 0.3) is 0 Å². The second-order valence-electron chi connectivity index (χ2n) is 4.84. The Kier molecular flexibility index (Phi) is 9.37. The molecule has 0 unspecified atom stereocenters. The van der Waals surface area contributed by atoms with Crippen molar-refractivity contribution in [2.24, 2.45) is 0 Å². The van der Waals surface area contributed by atoms with Gasteiger partial charge in [-0.25, -0.2) is 0 Å². The lowest BCUT2D eigenvalue weighted by atomic mass is 10.2. The van der Waals surface area contributed by atoms with Crippen molar-refractivity contribution >= 4 is 35.6 Å². The van der Waals surface area contributed by atoms with E-state index in [-0.39, 0.29) is 12.4 Å². The standard InChI is InChI=1S/C17H19Cl2NO2.ClH/c1-21-9-8-20-11-14-10-16(19)6-7-17(14)22-12-13-2-4-15(18)5-3-13;/h2-7,10,20H,8-9,11-12H2,1H3;1H. The Labute approximate surface area is 153 Å². The molecule has 0 radical (unpaired) electrons. The SMILES string of the molecule is COCCNCc1cc(Cl)ccc1OCc1ccc(Cl)cc1.Cl. The maximum absolute atomic E-state index is 6.07. The number of hydrogen-bond acceptors (Lipinski definition) is 3. The molecule has 0 aliphatic carbocycles. The van der Waals surface area contributed by atoms with E-state index in [1.54, 1.807) is 7.11 Å². The first-order valence-corrected chi connectivity index (χ1v) is 7.80. The van der Waals surface area contributed by atoms with Gasteiger partial charge in [0.2, 0.25) is 0 Å². The summed E-state index contributed by atoms with van der Waals surface area (Å²) in [4.78, 5) is 0. The highest BCUT2D eigenvalue weighted by Crippen LogP contribution is 2.24. The van der Waals surface area contributed by atoms with Crippen molar-refractivity contribution in [3.05, 3.63) is 63.6 Å².